The van der Waals surface area contributed by atoms with Gasteiger partial charge in [-0.1, -0.05) is 13.3 Å². The van der Waals surface area contributed by atoms with Gasteiger partial charge in [0, 0.05) is 24.5 Å². The van der Waals surface area contributed by atoms with Gasteiger partial charge in [-0.15, -0.1) is 0 Å². The average Bonchev–Trinajstić information content (AvgIpc) is 2.40. The van der Waals surface area contributed by atoms with Crippen LogP contribution in [0.3, 0.4) is 0 Å². The van der Waals surface area contributed by atoms with Crippen LogP contribution >= 0.6 is 0 Å². The summed E-state index contributed by atoms with van der Waals surface area (Å²) in [6, 6.07) is 4.16. The molecule has 2 rings (SSSR count). The number of carbonyl (C=O) groups is 1. The van der Waals surface area contributed by atoms with Crippen LogP contribution in [-0.2, 0) is 0 Å². The number of piperidine rings is 1. The predicted molar refractivity (Wildman–Crippen MR) is 71.1 cm³/mol. The fourth-order valence-electron chi connectivity index (χ4n) is 2.69. The van der Waals surface area contributed by atoms with E-state index in [-0.39, 0.29) is 5.69 Å². The molecule has 1 aliphatic rings. The van der Waals surface area contributed by atoms with E-state index in [2.05, 4.69) is 16.8 Å². The van der Waals surface area contributed by atoms with Crippen molar-refractivity contribution in [2.24, 2.45) is 0 Å². The lowest BCUT2D eigenvalue weighted by molar-refractivity contribution is 0.0690. The summed E-state index contributed by atoms with van der Waals surface area (Å²) in [5.41, 5.74) is 1.13. The van der Waals surface area contributed by atoms with Gasteiger partial charge in [0.2, 0.25) is 0 Å². The zero-order chi connectivity index (χ0) is 13.0. The quantitative estimate of drug-likeness (QED) is 0.890. The third kappa shape index (κ3) is 2.81. The molecule has 0 spiro atoms. The van der Waals surface area contributed by atoms with E-state index in [0.29, 0.717) is 6.04 Å². The largest absolute Gasteiger partial charge is 0.477 e. The van der Waals surface area contributed by atoms with Crippen molar-refractivity contribution in [2.45, 2.75) is 45.1 Å². The molecule has 1 aliphatic heterocycles. The highest BCUT2D eigenvalue weighted by Gasteiger charge is 2.22. The van der Waals surface area contributed by atoms with E-state index in [0.717, 1.165) is 18.7 Å². The summed E-state index contributed by atoms with van der Waals surface area (Å²) >= 11 is 0. The maximum Gasteiger partial charge on any atom is 0.354 e. The molecule has 0 saturated carbocycles. The summed E-state index contributed by atoms with van der Waals surface area (Å²) < 4.78 is 0. The fraction of sp³-hybridized carbons (Fsp3) is 0.571. The molecule has 1 unspecified atom stereocenters. The molecular formula is C14H20N2O2. The molecule has 4 nitrogen and oxygen atoms in total. The number of hydrogen-bond donors (Lipinski definition) is 1. The molecule has 0 radical (unpaired) electrons. The number of nitrogens with zero attached hydrogens (tertiary/aromatic N) is 2. The Morgan fingerprint density at radius 1 is 1.56 bits per heavy atom. The molecule has 0 amide bonds. The number of aromatic carboxylic acids is 1. The van der Waals surface area contributed by atoms with Crippen LogP contribution < -0.4 is 4.90 Å². The first-order chi connectivity index (χ1) is 8.72. The maximum atomic E-state index is 11.0. The normalized spacial score (nSPS) is 19.8. The molecule has 1 N–H and O–H groups in total. The van der Waals surface area contributed by atoms with E-state index in [1.165, 1.54) is 25.7 Å². The third-order valence-electron chi connectivity index (χ3n) is 3.54. The van der Waals surface area contributed by atoms with Crippen molar-refractivity contribution >= 4 is 11.7 Å². The monoisotopic (exact) mass is 248 g/mol. The number of pyridine rings is 1. The maximum absolute atomic E-state index is 11.0. The molecule has 0 bridgehead atoms. The Morgan fingerprint density at radius 2 is 2.39 bits per heavy atom. The van der Waals surface area contributed by atoms with Gasteiger partial charge < -0.3 is 10.0 Å². The first-order valence-corrected chi connectivity index (χ1v) is 6.68. The molecule has 1 atom stereocenters. The van der Waals surface area contributed by atoms with Crippen LogP contribution in [0.4, 0.5) is 5.69 Å². The predicted octanol–water partition coefficient (Wildman–Crippen LogP) is 2.94. The molecule has 4 heteroatoms. The van der Waals surface area contributed by atoms with E-state index in [9.17, 15) is 4.79 Å². The Bertz CT molecular complexity index is 418. The second kappa shape index (κ2) is 5.85. The molecule has 2 heterocycles. The van der Waals surface area contributed by atoms with E-state index in [1.54, 1.807) is 12.3 Å². The van der Waals surface area contributed by atoms with Crippen molar-refractivity contribution in [1.82, 2.24) is 4.98 Å². The SMILES string of the molecule is CCCC1CCCCN1c1ccnc(C(=O)O)c1. The van der Waals surface area contributed by atoms with Crippen LogP contribution in [0.25, 0.3) is 0 Å². The summed E-state index contributed by atoms with van der Waals surface area (Å²) in [4.78, 5) is 17.2. The highest BCUT2D eigenvalue weighted by Crippen LogP contribution is 2.27. The number of anilines is 1. The van der Waals surface area contributed by atoms with Crippen LogP contribution in [0.1, 0.15) is 49.5 Å². The molecule has 18 heavy (non-hydrogen) atoms. The van der Waals surface area contributed by atoms with Gasteiger partial charge in [-0.05, 0) is 37.8 Å². The Morgan fingerprint density at radius 3 is 3.11 bits per heavy atom. The lowest BCUT2D eigenvalue weighted by atomic mass is 9.97. The third-order valence-corrected chi connectivity index (χ3v) is 3.54. The minimum absolute atomic E-state index is 0.133. The Hall–Kier alpha value is -1.58. The van der Waals surface area contributed by atoms with Crippen molar-refractivity contribution in [2.75, 3.05) is 11.4 Å². The van der Waals surface area contributed by atoms with Gasteiger partial charge in [-0.2, -0.15) is 0 Å². The number of carboxylic acids is 1. The zero-order valence-corrected chi connectivity index (χ0v) is 10.8. The van der Waals surface area contributed by atoms with E-state index in [1.807, 2.05) is 6.07 Å². The number of rotatable bonds is 4. The molecule has 0 aromatic carbocycles. The van der Waals surface area contributed by atoms with Gasteiger partial charge in [0.1, 0.15) is 5.69 Å². The fourth-order valence-corrected chi connectivity index (χ4v) is 2.69. The standard InChI is InChI=1S/C14H20N2O2/c1-2-5-11-6-3-4-9-16(11)12-7-8-15-13(10-12)14(17)18/h7-8,10-11H,2-6,9H2,1H3,(H,17,18). The molecule has 0 aliphatic carbocycles. The highest BCUT2D eigenvalue weighted by molar-refractivity contribution is 5.86. The molecule has 98 valence electrons. The Kier molecular flexibility index (Phi) is 4.18. The van der Waals surface area contributed by atoms with Crippen molar-refractivity contribution in [3.8, 4) is 0 Å². The summed E-state index contributed by atoms with van der Waals surface area (Å²) in [7, 11) is 0. The van der Waals surface area contributed by atoms with Gasteiger partial charge >= 0.3 is 5.97 Å². The number of carboxylic acid groups (broad SMARTS) is 1. The Balaban J connectivity index is 2.22. The average molecular weight is 248 g/mol. The van der Waals surface area contributed by atoms with Gasteiger partial charge in [0.15, 0.2) is 0 Å². The smallest absolute Gasteiger partial charge is 0.354 e. The van der Waals surface area contributed by atoms with E-state index >= 15 is 0 Å². The van der Waals surface area contributed by atoms with Crippen molar-refractivity contribution in [3.63, 3.8) is 0 Å². The first-order valence-electron chi connectivity index (χ1n) is 6.68. The van der Waals surface area contributed by atoms with Gasteiger partial charge in [0.25, 0.3) is 0 Å². The lowest BCUT2D eigenvalue weighted by Crippen LogP contribution is -2.39. The molecule has 1 aromatic heterocycles. The van der Waals surface area contributed by atoms with E-state index < -0.39 is 5.97 Å². The van der Waals surface area contributed by atoms with E-state index in [4.69, 9.17) is 5.11 Å². The van der Waals surface area contributed by atoms with Gasteiger partial charge in [-0.25, -0.2) is 9.78 Å². The summed E-state index contributed by atoms with van der Waals surface area (Å²) in [6.07, 6.45) is 7.60. The van der Waals surface area contributed by atoms with Crippen molar-refractivity contribution in [3.05, 3.63) is 24.0 Å². The summed E-state index contributed by atoms with van der Waals surface area (Å²) in [6.45, 7) is 3.22. The summed E-state index contributed by atoms with van der Waals surface area (Å²) in [5, 5.41) is 9.00. The van der Waals surface area contributed by atoms with Crippen molar-refractivity contribution in [1.29, 1.82) is 0 Å². The number of aromatic nitrogens is 1. The highest BCUT2D eigenvalue weighted by atomic mass is 16.4. The molecular weight excluding hydrogens is 228 g/mol. The molecule has 1 aromatic rings. The van der Waals surface area contributed by atoms with Crippen LogP contribution in [0.5, 0.6) is 0 Å². The van der Waals surface area contributed by atoms with Crippen LogP contribution in [0, 0.1) is 0 Å². The van der Waals surface area contributed by atoms with Gasteiger partial charge in [-0.3, -0.25) is 0 Å². The first kappa shape index (κ1) is 12.9. The minimum Gasteiger partial charge on any atom is -0.477 e. The topological polar surface area (TPSA) is 53.4 Å². The van der Waals surface area contributed by atoms with Crippen LogP contribution in [0.15, 0.2) is 18.3 Å². The lowest BCUT2D eigenvalue weighted by Gasteiger charge is -2.37. The zero-order valence-electron chi connectivity index (χ0n) is 10.8. The minimum atomic E-state index is -0.957. The molecule has 1 fully saturated rings. The number of hydrogen-bond acceptors (Lipinski definition) is 3. The van der Waals surface area contributed by atoms with Crippen LogP contribution in [0.2, 0.25) is 0 Å². The molecule has 1 saturated heterocycles. The second-order valence-electron chi connectivity index (χ2n) is 4.84. The summed E-state index contributed by atoms with van der Waals surface area (Å²) in [5.74, 6) is -0.957. The van der Waals surface area contributed by atoms with Gasteiger partial charge in [0.05, 0.1) is 0 Å². The van der Waals surface area contributed by atoms with Crippen molar-refractivity contribution < 1.29 is 9.90 Å². The van der Waals surface area contributed by atoms with Crippen LogP contribution in [-0.4, -0.2) is 28.6 Å². The second-order valence-corrected chi connectivity index (χ2v) is 4.84. The Labute approximate surface area is 108 Å².